The molecule has 3 heteroatoms. The number of oxazole rings is 1. The van der Waals surface area contributed by atoms with Crippen molar-refractivity contribution in [3.63, 3.8) is 0 Å². The summed E-state index contributed by atoms with van der Waals surface area (Å²) in [5, 5.41) is 3.42. The minimum atomic E-state index is 0.725. The molecule has 1 aromatic carbocycles. The van der Waals surface area contributed by atoms with Gasteiger partial charge in [0.05, 0.1) is 6.20 Å². The molecule has 0 radical (unpaired) electrons. The Hall–Kier alpha value is -1.61. The average molecular weight is 228 g/mol. The van der Waals surface area contributed by atoms with E-state index in [2.05, 4.69) is 28.5 Å². The Morgan fingerprint density at radius 2 is 2.00 bits per heavy atom. The van der Waals surface area contributed by atoms with Gasteiger partial charge in [-0.25, -0.2) is 4.98 Å². The fourth-order valence-corrected chi connectivity index (χ4v) is 2.29. The Bertz CT molecular complexity index is 531. The summed E-state index contributed by atoms with van der Waals surface area (Å²) in [4.78, 5) is 4.28. The largest absolute Gasteiger partial charge is 0.441 e. The summed E-state index contributed by atoms with van der Waals surface area (Å²) in [7, 11) is 0. The standard InChI is InChI=1S/C14H16N2O/c1-10-9-16-14(17-10)13-3-2-11-4-6-15-7-5-12(11)8-13/h2-3,8-9,15H,4-7H2,1H3. The van der Waals surface area contributed by atoms with Crippen LogP contribution in [0.15, 0.2) is 28.8 Å². The highest BCUT2D eigenvalue weighted by Gasteiger charge is 2.11. The van der Waals surface area contributed by atoms with Gasteiger partial charge < -0.3 is 9.73 Å². The lowest BCUT2D eigenvalue weighted by Crippen LogP contribution is -2.16. The van der Waals surface area contributed by atoms with E-state index < -0.39 is 0 Å². The molecule has 0 aliphatic carbocycles. The van der Waals surface area contributed by atoms with Crippen LogP contribution >= 0.6 is 0 Å². The number of nitrogens with zero attached hydrogens (tertiary/aromatic N) is 1. The topological polar surface area (TPSA) is 38.1 Å². The number of benzene rings is 1. The Morgan fingerprint density at radius 3 is 2.76 bits per heavy atom. The summed E-state index contributed by atoms with van der Waals surface area (Å²) in [5.74, 6) is 1.58. The average Bonchev–Trinajstić information content (AvgIpc) is 2.64. The van der Waals surface area contributed by atoms with E-state index in [0.717, 1.165) is 43.1 Å². The first-order chi connectivity index (χ1) is 8.33. The predicted octanol–water partition coefficient (Wildman–Crippen LogP) is 2.34. The van der Waals surface area contributed by atoms with Crippen molar-refractivity contribution in [2.24, 2.45) is 0 Å². The molecule has 2 aromatic rings. The Morgan fingerprint density at radius 1 is 1.18 bits per heavy atom. The van der Waals surface area contributed by atoms with Crippen LogP contribution in [-0.2, 0) is 12.8 Å². The van der Waals surface area contributed by atoms with Crippen LogP contribution in [0.25, 0.3) is 11.5 Å². The van der Waals surface area contributed by atoms with Crippen LogP contribution in [-0.4, -0.2) is 18.1 Å². The molecular formula is C14H16N2O. The summed E-state index contributed by atoms with van der Waals surface area (Å²) in [6.45, 7) is 4.05. The minimum absolute atomic E-state index is 0.725. The highest BCUT2D eigenvalue weighted by molar-refractivity contribution is 5.56. The van der Waals surface area contributed by atoms with Crippen molar-refractivity contribution in [1.82, 2.24) is 10.3 Å². The van der Waals surface area contributed by atoms with Gasteiger partial charge in [-0.3, -0.25) is 0 Å². The van der Waals surface area contributed by atoms with E-state index in [0.29, 0.717) is 0 Å². The number of hydrogen-bond donors (Lipinski definition) is 1. The summed E-state index contributed by atoms with van der Waals surface area (Å²) in [6, 6.07) is 6.53. The zero-order valence-corrected chi connectivity index (χ0v) is 9.99. The molecule has 1 aromatic heterocycles. The maximum Gasteiger partial charge on any atom is 0.226 e. The van der Waals surface area contributed by atoms with E-state index in [-0.39, 0.29) is 0 Å². The molecule has 0 saturated heterocycles. The second-order valence-electron chi connectivity index (χ2n) is 4.51. The smallest absolute Gasteiger partial charge is 0.226 e. The first kappa shape index (κ1) is 10.5. The summed E-state index contributed by atoms with van der Waals surface area (Å²) >= 11 is 0. The molecule has 1 aliphatic heterocycles. The lowest BCUT2D eigenvalue weighted by Gasteiger charge is -2.06. The van der Waals surface area contributed by atoms with Crippen LogP contribution in [0.3, 0.4) is 0 Å². The number of rotatable bonds is 1. The van der Waals surface area contributed by atoms with E-state index in [9.17, 15) is 0 Å². The zero-order valence-electron chi connectivity index (χ0n) is 9.99. The van der Waals surface area contributed by atoms with Gasteiger partial charge in [-0.05, 0) is 56.1 Å². The Kier molecular flexibility index (Phi) is 2.69. The molecule has 1 aliphatic rings. The van der Waals surface area contributed by atoms with Gasteiger partial charge in [0.25, 0.3) is 0 Å². The molecule has 17 heavy (non-hydrogen) atoms. The van der Waals surface area contributed by atoms with Gasteiger partial charge in [0.1, 0.15) is 5.76 Å². The molecule has 3 rings (SSSR count). The van der Waals surface area contributed by atoms with Gasteiger partial charge in [0.15, 0.2) is 0 Å². The molecule has 0 bridgehead atoms. The summed E-state index contributed by atoms with van der Waals surface area (Å²) in [6.07, 6.45) is 3.96. The third kappa shape index (κ3) is 2.11. The van der Waals surface area contributed by atoms with Gasteiger partial charge >= 0.3 is 0 Å². The van der Waals surface area contributed by atoms with Crippen LogP contribution < -0.4 is 5.32 Å². The number of nitrogens with one attached hydrogen (secondary N) is 1. The summed E-state index contributed by atoms with van der Waals surface area (Å²) < 4.78 is 5.57. The molecule has 88 valence electrons. The predicted molar refractivity (Wildman–Crippen MR) is 67.0 cm³/mol. The first-order valence-electron chi connectivity index (χ1n) is 6.08. The molecule has 2 heterocycles. The van der Waals surface area contributed by atoms with Gasteiger partial charge in [-0.15, -0.1) is 0 Å². The van der Waals surface area contributed by atoms with Gasteiger partial charge in [-0.2, -0.15) is 0 Å². The van der Waals surface area contributed by atoms with Crippen molar-refractivity contribution in [3.05, 3.63) is 41.3 Å². The second-order valence-corrected chi connectivity index (χ2v) is 4.51. The van der Waals surface area contributed by atoms with Crippen LogP contribution in [0, 0.1) is 6.92 Å². The molecule has 0 saturated carbocycles. The van der Waals surface area contributed by atoms with Crippen LogP contribution in [0.2, 0.25) is 0 Å². The normalized spacial score (nSPS) is 15.4. The fraction of sp³-hybridized carbons (Fsp3) is 0.357. The van der Waals surface area contributed by atoms with E-state index in [4.69, 9.17) is 4.42 Å². The maximum atomic E-state index is 5.57. The Labute approximate surface area is 101 Å². The molecular weight excluding hydrogens is 212 g/mol. The number of hydrogen-bond acceptors (Lipinski definition) is 3. The van der Waals surface area contributed by atoms with Crippen molar-refractivity contribution in [2.45, 2.75) is 19.8 Å². The lowest BCUT2D eigenvalue weighted by atomic mass is 10.00. The number of aryl methyl sites for hydroxylation is 1. The molecule has 3 nitrogen and oxygen atoms in total. The molecule has 0 amide bonds. The van der Waals surface area contributed by atoms with E-state index >= 15 is 0 Å². The number of fused-ring (bicyclic) bond motifs is 1. The highest BCUT2D eigenvalue weighted by Crippen LogP contribution is 2.23. The fourth-order valence-electron chi connectivity index (χ4n) is 2.29. The van der Waals surface area contributed by atoms with E-state index in [1.807, 2.05) is 6.92 Å². The molecule has 0 spiro atoms. The lowest BCUT2D eigenvalue weighted by molar-refractivity contribution is 0.542. The van der Waals surface area contributed by atoms with E-state index in [1.165, 1.54) is 11.1 Å². The van der Waals surface area contributed by atoms with Crippen molar-refractivity contribution < 1.29 is 4.42 Å². The molecule has 1 N–H and O–H groups in total. The van der Waals surface area contributed by atoms with Crippen molar-refractivity contribution >= 4 is 0 Å². The second kappa shape index (κ2) is 4.34. The Balaban J connectivity index is 2.00. The quantitative estimate of drug-likeness (QED) is 0.814. The van der Waals surface area contributed by atoms with Crippen LogP contribution in [0.1, 0.15) is 16.9 Å². The zero-order chi connectivity index (χ0) is 11.7. The molecule has 0 fully saturated rings. The first-order valence-corrected chi connectivity index (χ1v) is 6.08. The van der Waals surface area contributed by atoms with Crippen LogP contribution in [0.4, 0.5) is 0 Å². The van der Waals surface area contributed by atoms with Gasteiger partial charge in [-0.1, -0.05) is 6.07 Å². The summed E-state index contributed by atoms with van der Waals surface area (Å²) in [5.41, 5.74) is 3.95. The SMILES string of the molecule is Cc1cnc(-c2ccc3c(c2)CCNCC3)o1. The van der Waals surface area contributed by atoms with Crippen molar-refractivity contribution in [3.8, 4) is 11.5 Å². The molecule has 0 unspecified atom stereocenters. The van der Waals surface area contributed by atoms with Gasteiger partial charge in [0, 0.05) is 5.56 Å². The molecule has 0 atom stereocenters. The van der Waals surface area contributed by atoms with Crippen molar-refractivity contribution in [1.29, 1.82) is 0 Å². The monoisotopic (exact) mass is 228 g/mol. The van der Waals surface area contributed by atoms with E-state index in [1.54, 1.807) is 6.20 Å². The van der Waals surface area contributed by atoms with Crippen molar-refractivity contribution in [2.75, 3.05) is 13.1 Å². The number of aromatic nitrogens is 1. The third-order valence-corrected chi connectivity index (χ3v) is 3.22. The highest BCUT2D eigenvalue weighted by atomic mass is 16.4. The maximum absolute atomic E-state index is 5.57. The van der Waals surface area contributed by atoms with Gasteiger partial charge in [0.2, 0.25) is 5.89 Å². The third-order valence-electron chi connectivity index (χ3n) is 3.22. The minimum Gasteiger partial charge on any atom is -0.441 e. The van der Waals surface area contributed by atoms with Crippen LogP contribution in [0.5, 0.6) is 0 Å².